The summed E-state index contributed by atoms with van der Waals surface area (Å²) < 4.78 is 5.51. The van der Waals surface area contributed by atoms with E-state index in [0.717, 1.165) is 0 Å². The number of aromatic nitrogens is 1. The van der Waals surface area contributed by atoms with E-state index in [1.807, 2.05) is 13.8 Å². The molecule has 0 spiro atoms. The lowest BCUT2D eigenvalue weighted by Gasteiger charge is -2.24. The first-order valence-corrected chi connectivity index (χ1v) is 10.5. The number of anilines is 1. The van der Waals surface area contributed by atoms with Crippen LogP contribution in [0.2, 0.25) is 5.02 Å². The molecule has 0 aliphatic carbocycles. The molecule has 7 heteroatoms. The number of ketones is 1. The zero-order chi connectivity index (χ0) is 22.8. The number of aliphatic hydroxyl groups excluding tert-OH is 1. The Morgan fingerprint density at radius 2 is 1.88 bits per heavy atom. The molecule has 1 unspecified atom stereocenters. The maximum absolute atomic E-state index is 13.1. The first kappa shape index (κ1) is 21.6. The molecule has 1 amide bonds. The van der Waals surface area contributed by atoms with Crippen LogP contribution in [0.5, 0.6) is 5.75 Å². The van der Waals surface area contributed by atoms with Crippen molar-refractivity contribution in [1.82, 2.24) is 4.98 Å². The predicted molar refractivity (Wildman–Crippen MR) is 123 cm³/mol. The van der Waals surface area contributed by atoms with Gasteiger partial charge in [-0.15, -0.1) is 0 Å². The number of carbonyl (C=O) groups is 2. The maximum Gasteiger partial charge on any atom is 0.301 e. The van der Waals surface area contributed by atoms with Gasteiger partial charge >= 0.3 is 5.91 Å². The molecule has 6 nitrogen and oxygen atoms in total. The smallest absolute Gasteiger partial charge is 0.301 e. The van der Waals surface area contributed by atoms with Gasteiger partial charge in [-0.1, -0.05) is 29.8 Å². The summed E-state index contributed by atoms with van der Waals surface area (Å²) in [6.07, 6.45) is 1.55. The Balaban J connectivity index is 1.91. The fourth-order valence-corrected chi connectivity index (χ4v) is 3.95. The SMILES string of the molecule is CCOc1ccc(C(O)=C2C(=O)C(=O)N(c3ccccn3)C2c2ccc(Cl)cc2)c(C)c1. The van der Waals surface area contributed by atoms with E-state index in [1.165, 1.54) is 4.90 Å². The summed E-state index contributed by atoms with van der Waals surface area (Å²) >= 11 is 6.05. The fraction of sp³-hybridized carbons (Fsp3) is 0.160. The van der Waals surface area contributed by atoms with E-state index in [-0.39, 0.29) is 11.3 Å². The van der Waals surface area contributed by atoms with E-state index >= 15 is 0 Å². The molecule has 2 aromatic carbocycles. The van der Waals surface area contributed by atoms with E-state index in [1.54, 1.807) is 66.9 Å². The summed E-state index contributed by atoms with van der Waals surface area (Å²) in [7, 11) is 0. The number of benzene rings is 2. The number of hydrogen-bond acceptors (Lipinski definition) is 5. The van der Waals surface area contributed by atoms with E-state index in [4.69, 9.17) is 16.3 Å². The number of aryl methyl sites for hydroxylation is 1. The highest BCUT2D eigenvalue weighted by molar-refractivity contribution is 6.51. The average Bonchev–Trinajstić information content (AvgIpc) is 3.05. The van der Waals surface area contributed by atoms with Crippen molar-refractivity contribution in [2.45, 2.75) is 19.9 Å². The summed E-state index contributed by atoms with van der Waals surface area (Å²) in [6.45, 7) is 4.20. The molecule has 2 heterocycles. The highest BCUT2D eigenvalue weighted by Crippen LogP contribution is 2.42. The van der Waals surface area contributed by atoms with Crippen LogP contribution < -0.4 is 9.64 Å². The summed E-state index contributed by atoms with van der Waals surface area (Å²) in [5, 5.41) is 11.8. The largest absolute Gasteiger partial charge is 0.507 e. The van der Waals surface area contributed by atoms with Gasteiger partial charge in [0.15, 0.2) is 0 Å². The van der Waals surface area contributed by atoms with Crippen molar-refractivity contribution in [3.8, 4) is 5.75 Å². The van der Waals surface area contributed by atoms with Crippen LogP contribution in [0.1, 0.15) is 29.7 Å². The number of nitrogens with zero attached hydrogens (tertiary/aromatic N) is 2. The Morgan fingerprint density at radius 3 is 2.50 bits per heavy atom. The van der Waals surface area contributed by atoms with Gasteiger partial charge in [-0.05, 0) is 67.4 Å². The van der Waals surface area contributed by atoms with Gasteiger partial charge in [-0.3, -0.25) is 14.5 Å². The Hall–Kier alpha value is -3.64. The topological polar surface area (TPSA) is 79.7 Å². The third-order valence-electron chi connectivity index (χ3n) is 5.29. The van der Waals surface area contributed by atoms with Gasteiger partial charge in [-0.25, -0.2) is 4.98 Å². The molecule has 32 heavy (non-hydrogen) atoms. The van der Waals surface area contributed by atoms with Gasteiger partial charge < -0.3 is 9.84 Å². The third kappa shape index (κ3) is 3.85. The molecule has 4 rings (SSSR count). The van der Waals surface area contributed by atoms with Crippen LogP contribution in [0.25, 0.3) is 5.76 Å². The van der Waals surface area contributed by atoms with Crippen LogP contribution in [0.3, 0.4) is 0 Å². The number of hydrogen-bond donors (Lipinski definition) is 1. The summed E-state index contributed by atoms with van der Waals surface area (Å²) in [6, 6.07) is 16.3. The number of amides is 1. The van der Waals surface area contributed by atoms with Crippen LogP contribution in [0.4, 0.5) is 5.82 Å². The van der Waals surface area contributed by atoms with Gasteiger partial charge in [0.2, 0.25) is 0 Å². The molecule has 0 saturated carbocycles. The Bertz CT molecular complexity index is 1210. The number of pyridine rings is 1. The highest BCUT2D eigenvalue weighted by atomic mass is 35.5. The lowest BCUT2D eigenvalue weighted by Crippen LogP contribution is -2.30. The molecular weight excluding hydrogens is 428 g/mol. The number of carbonyl (C=O) groups excluding carboxylic acids is 2. The van der Waals surface area contributed by atoms with Gasteiger partial charge in [0.1, 0.15) is 17.3 Å². The summed E-state index contributed by atoms with van der Waals surface area (Å²) in [5.41, 5.74) is 1.79. The van der Waals surface area contributed by atoms with Crippen molar-refractivity contribution >= 4 is 34.9 Å². The number of ether oxygens (including phenoxy) is 1. The molecular formula is C25H21ClN2O4. The highest BCUT2D eigenvalue weighted by Gasteiger charge is 2.47. The number of halogens is 1. The van der Waals surface area contributed by atoms with Crippen molar-refractivity contribution in [2.24, 2.45) is 0 Å². The molecule has 0 bridgehead atoms. The summed E-state index contributed by atoms with van der Waals surface area (Å²) in [4.78, 5) is 31.8. The predicted octanol–water partition coefficient (Wildman–Crippen LogP) is 5.07. The molecule has 3 aromatic rings. The van der Waals surface area contributed by atoms with Gasteiger partial charge in [0.25, 0.3) is 5.78 Å². The van der Waals surface area contributed by atoms with Crippen LogP contribution in [-0.2, 0) is 9.59 Å². The first-order chi connectivity index (χ1) is 15.4. The minimum Gasteiger partial charge on any atom is -0.507 e. The second kappa shape index (κ2) is 8.85. The molecule has 0 radical (unpaired) electrons. The monoisotopic (exact) mass is 448 g/mol. The van der Waals surface area contributed by atoms with Crippen LogP contribution in [-0.4, -0.2) is 28.4 Å². The lowest BCUT2D eigenvalue weighted by molar-refractivity contribution is -0.132. The standard InChI is InChI=1S/C25H21ClN2O4/c1-3-32-18-11-12-19(15(2)14-18)23(29)21-22(16-7-9-17(26)10-8-16)28(25(31)24(21)30)20-6-4-5-13-27-20/h4-14,22,29H,3H2,1-2H3. The second-order valence-electron chi connectivity index (χ2n) is 7.32. The number of aliphatic hydroxyl groups is 1. The van der Waals surface area contributed by atoms with E-state index in [0.29, 0.717) is 39.9 Å². The fourth-order valence-electron chi connectivity index (χ4n) is 3.83. The number of rotatable bonds is 5. The van der Waals surface area contributed by atoms with E-state index in [2.05, 4.69) is 4.98 Å². The molecule has 1 aromatic heterocycles. The van der Waals surface area contributed by atoms with Crippen LogP contribution in [0, 0.1) is 6.92 Å². The Labute approximate surface area is 190 Å². The molecule has 1 aliphatic heterocycles. The molecule has 1 N–H and O–H groups in total. The molecule has 1 saturated heterocycles. The van der Waals surface area contributed by atoms with Crippen LogP contribution >= 0.6 is 11.6 Å². The Morgan fingerprint density at radius 1 is 1.12 bits per heavy atom. The van der Waals surface area contributed by atoms with Crippen LogP contribution in [0.15, 0.2) is 72.4 Å². The van der Waals surface area contributed by atoms with Crippen molar-refractivity contribution < 1.29 is 19.4 Å². The lowest BCUT2D eigenvalue weighted by atomic mass is 9.94. The summed E-state index contributed by atoms with van der Waals surface area (Å²) in [5.74, 6) is -0.806. The normalized spacial score (nSPS) is 17.6. The van der Waals surface area contributed by atoms with Gasteiger partial charge in [0.05, 0.1) is 18.2 Å². The van der Waals surface area contributed by atoms with E-state index in [9.17, 15) is 14.7 Å². The number of Topliss-reactive ketones (excluding diaryl/α,β-unsaturated/α-hetero) is 1. The maximum atomic E-state index is 13.1. The van der Waals surface area contributed by atoms with E-state index < -0.39 is 17.7 Å². The minimum absolute atomic E-state index is 0.00441. The first-order valence-electron chi connectivity index (χ1n) is 10.1. The molecule has 1 fully saturated rings. The zero-order valence-electron chi connectivity index (χ0n) is 17.6. The van der Waals surface area contributed by atoms with Crippen molar-refractivity contribution in [3.63, 3.8) is 0 Å². The third-order valence-corrected chi connectivity index (χ3v) is 5.54. The second-order valence-corrected chi connectivity index (χ2v) is 7.75. The Kier molecular flexibility index (Phi) is 5.97. The van der Waals surface area contributed by atoms with Crippen molar-refractivity contribution in [1.29, 1.82) is 0 Å². The average molecular weight is 449 g/mol. The molecule has 162 valence electrons. The molecule has 1 atom stereocenters. The van der Waals surface area contributed by atoms with Crippen molar-refractivity contribution in [3.05, 3.63) is 94.1 Å². The molecule has 1 aliphatic rings. The van der Waals surface area contributed by atoms with Gasteiger partial charge in [0, 0.05) is 16.8 Å². The minimum atomic E-state index is -0.854. The zero-order valence-corrected chi connectivity index (χ0v) is 18.3. The quantitative estimate of drug-likeness (QED) is 0.335. The van der Waals surface area contributed by atoms with Crippen molar-refractivity contribution in [2.75, 3.05) is 11.5 Å². The van der Waals surface area contributed by atoms with Gasteiger partial charge in [-0.2, -0.15) is 0 Å².